The van der Waals surface area contributed by atoms with Crippen LogP contribution < -0.4 is 10.6 Å². The van der Waals surface area contributed by atoms with E-state index in [4.69, 9.17) is 11.6 Å². The maximum Gasteiger partial charge on any atom is 0.407 e. The molecule has 208 valence electrons. The van der Waals surface area contributed by atoms with Crippen LogP contribution in [0.25, 0.3) is 11.8 Å². The molecule has 0 bridgehead atoms. The Morgan fingerprint density at radius 2 is 1.90 bits per heavy atom. The van der Waals surface area contributed by atoms with Gasteiger partial charge in [0, 0.05) is 35.4 Å². The van der Waals surface area contributed by atoms with Gasteiger partial charge in [0.25, 0.3) is 5.91 Å². The number of hydrogen-bond donors (Lipinski definition) is 2. The zero-order chi connectivity index (χ0) is 28.8. The summed E-state index contributed by atoms with van der Waals surface area (Å²) in [5.74, 6) is -0.664. The molecule has 0 aliphatic carbocycles. The first kappa shape index (κ1) is 27.5. The van der Waals surface area contributed by atoms with Gasteiger partial charge in [0.15, 0.2) is 0 Å². The van der Waals surface area contributed by atoms with Crippen LogP contribution in [-0.4, -0.2) is 56.7 Å². The molecular formula is C29H26ClN7O4. The van der Waals surface area contributed by atoms with E-state index in [1.807, 2.05) is 24.3 Å². The Balaban J connectivity index is 1.37. The predicted molar refractivity (Wildman–Crippen MR) is 152 cm³/mol. The summed E-state index contributed by atoms with van der Waals surface area (Å²) in [6, 6.07) is 19.0. The third-order valence-corrected chi connectivity index (χ3v) is 6.88. The zero-order valence-electron chi connectivity index (χ0n) is 22.0. The molecule has 12 heteroatoms. The Morgan fingerprint density at radius 3 is 2.66 bits per heavy atom. The van der Waals surface area contributed by atoms with Crippen LogP contribution in [0, 0.1) is 0 Å². The molecule has 0 spiro atoms. The standard InChI is InChI=1S/C29H26ClN7O4/c1-41-29(40)31-17-19-6-10-23(11-7-19)33-28(39)27-24-5-3-2-4-20(24)14-15-36(27)26(38)13-8-21-16-22(30)9-12-25(21)37-18-32-34-35-37/h2-13,16,18,27H,14-15,17H2,1H3,(H,31,40)(H,33,39)/b13-8+/t27-/m0/s1. The number of anilines is 1. The van der Waals surface area contributed by atoms with E-state index in [2.05, 4.69) is 30.9 Å². The number of tetrazole rings is 1. The third-order valence-electron chi connectivity index (χ3n) is 6.65. The molecule has 1 aliphatic rings. The Kier molecular flexibility index (Phi) is 8.35. The lowest BCUT2D eigenvalue weighted by Crippen LogP contribution is -2.44. The second kappa shape index (κ2) is 12.4. The summed E-state index contributed by atoms with van der Waals surface area (Å²) in [6.07, 6.45) is 4.61. The minimum absolute atomic E-state index is 0.285. The van der Waals surface area contributed by atoms with Crippen LogP contribution in [0.15, 0.2) is 79.1 Å². The summed E-state index contributed by atoms with van der Waals surface area (Å²) in [7, 11) is 1.30. The highest BCUT2D eigenvalue weighted by Crippen LogP contribution is 2.31. The second-order valence-electron chi connectivity index (χ2n) is 9.21. The molecule has 3 amide bonds. The van der Waals surface area contributed by atoms with E-state index < -0.39 is 12.1 Å². The number of benzene rings is 3. The van der Waals surface area contributed by atoms with Crippen molar-refractivity contribution in [1.29, 1.82) is 0 Å². The van der Waals surface area contributed by atoms with Crippen molar-refractivity contribution in [3.63, 3.8) is 0 Å². The largest absolute Gasteiger partial charge is 0.453 e. The molecule has 11 nitrogen and oxygen atoms in total. The number of alkyl carbamates (subject to hydrolysis) is 1. The molecule has 5 rings (SSSR count). The van der Waals surface area contributed by atoms with Crippen LogP contribution in [0.1, 0.15) is 28.3 Å². The molecule has 1 atom stereocenters. The maximum atomic E-state index is 13.7. The molecule has 0 saturated carbocycles. The fourth-order valence-corrected chi connectivity index (χ4v) is 4.83. The molecule has 1 aromatic heterocycles. The highest BCUT2D eigenvalue weighted by Gasteiger charge is 2.35. The van der Waals surface area contributed by atoms with Gasteiger partial charge in [0.2, 0.25) is 5.91 Å². The van der Waals surface area contributed by atoms with Crippen molar-refractivity contribution >= 4 is 41.3 Å². The van der Waals surface area contributed by atoms with Gasteiger partial charge in [0.05, 0.1) is 12.8 Å². The molecule has 3 aromatic carbocycles. The van der Waals surface area contributed by atoms with E-state index in [1.165, 1.54) is 24.2 Å². The molecule has 2 N–H and O–H groups in total. The summed E-state index contributed by atoms with van der Waals surface area (Å²) < 4.78 is 6.06. The maximum absolute atomic E-state index is 13.7. The van der Waals surface area contributed by atoms with E-state index in [9.17, 15) is 14.4 Å². The van der Waals surface area contributed by atoms with Crippen LogP contribution in [0.4, 0.5) is 10.5 Å². The molecule has 0 saturated heterocycles. The first-order valence-corrected chi connectivity index (χ1v) is 13.1. The molecule has 4 aromatic rings. The number of hydrogen-bond acceptors (Lipinski definition) is 7. The lowest BCUT2D eigenvalue weighted by Gasteiger charge is -2.35. The minimum Gasteiger partial charge on any atom is -0.453 e. The monoisotopic (exact) mass is 571 g/mol. The highest BCUT2D eigenvalue weighted by atomic mass is 35.5. The van der Waals surface area contributed by atoms with Gasteiger partial charge in [-0.15, -0.1) is 5.10 Å². The van der Waals surface area contributed by atoms with Gasteiger partial charge in [-0.1, -0.05) is 48.0 Å². The highest BCUT2D eigenvalue weighted by molar-refractivity contribution is 6.30. The van der Waals surface area contributed by atoms with Gasteiger partial charge in [0.1, 0.15) is 12.4 Å². The number of methoxy groups -OCH3 is 1. The topological polar surface area (TPSA) is 131 Å². The minimum atomic E-state index is -0.837. The van der Waals surface area contributed by atoms with Gasteiger partial charge >= 0.3 is 6.09 Å². The number of aromatic nitrogens is 4. The molecule has 41 heavy (non-hydrogen) atoms. The van der Waals surface area contributed by atoms with Crippen molar-refractivity contribution in [3.05, 3.63) is 106 Å². The van der Waals surface area contributed by atoms with Gasteiger partial charge in [-0.3, -0.25) is 9.59 Å². The van der Waals surface area contributed by atoms with E-state index in [1.54, 1.807) is 53.4 Å². The van der Waals surface area contributed by atoms with Gasteiger partial charge in [-0.05, 0) is 69.9 Å². The van der Waals surface area contributed by atoms with Crippen LogP contribution in [0.5, 0.6) is 0 Å². The Labute approximate surface area is 240 Å². The fourth-order valence-electron chi connectivity index (χ4n) is 4.65. The number of halogens is 1. The fraction of sp³-hybridized carbons (Fsp3) is 0.172. The number of fused-ring (bicyclic) bond motifs is 1. The Morgan fingerprint density at radius 1 is 1.10 bits per heavy atom. The first-order chi connectivity index (χ1) is 19.9. The van der Waals surface area contributed by atoms with Gasteiger partial charge in [-0.25, -0.2) is 4.79 Å². The quantitative estimate of drug-likeness (QED) is 0.321. The van der Waals surface area contributed by atoms with Crippen molar-refractivity contribution < 1.29 is 19.1 Å². The van der Waals surface area contributed by atoms with Gasteiger partial charge < -0.3 is 20.3 Å². The van der Waals surface area contributed by atoms with Gasteiger partial charge in [-0.2, -0.15) is 4.68 Å². The lowest BCUT2D eigenvalue weighted by atomic mass is 9.91. The Bertz CT molecular complexity index is 1590. The van der Waals surface area contributed by atoms with Crippen LogP contribution in [-0.2, 0) is 27.3 Å². The second-order valence-corrected chi connectivity index (χ2v) is 9.64. The predicted octanol–water partition coefficient (Wildman–Crippen LogP) is 3.95. The molecule has 0 unspecified atom stereocenters. The normalized spacial score (nSPS) is 14.4. The molecule has 2 heterocycles. The molecule has 0 fully saturated rings. The number of nitrogens with zero attached hydrogens (tertiary/aromatic N) is 5. The average Bonchev–Trinajstić information content (AvgIpc) is 3.53. The van der Waals surface area contributed by atoms with Crippen molar-refractivity contribution in [3.8, 4) is 5.69 Å². The van der Waals surface area contributed by atoms with Crippen molar-refractivity contribution in [2.75, 3.05) is 19.0 Å². The average molecular weight is 572 g/mol. The van der Waals surface area contributed by atoms with E-state index >= 15 is 0 Å². The lowest BCUT2D eigenvalue weighted by molar-refractivity contribution is -0.135. The number of carbonyl (C=O) groups is 3. The number of nitrogens with one attached hydrogen (secondary N) is 2. The number of ether oxygens (including phenoxy) is 1. The van der Waals surface area contributed by atoms with E-state index in [0.717, 1.165) is 16.7 Å². The zero-order valence-corrected chi connectivity index (χ0v) is 22.8. The number of carbonyl (C=O) groups excluding carboxylic acids is 3. The van der Waals surface area contributed by atoms with Crippen molar-refractivity contribution in [1.82, 2.24) is 30.4 Å². The summed E-state index contributed by atoms with van der Waals surface area (Å²) in [6.45, 7) is 0.652. The molecule has 1 aliphatic heterocycles. The summed E-state index contributed by atoms with van der Waals surface area (Å²) in [5, 5.41) is 17.3. The Hall–Kier alpha value is -5.03. The van der Waals surface area contributed by atoms with E-state index in [0.29, 0.717) is 34.9 Å². The first-order valence-electron chi connectivity index (χ1n) is 12.7. The number of rotatable bonds is 7. The van der Waals surface area contributed by atoms with Crippen LogP contribution >= 0.6 is 11.6 Å². The van der Waals surface area contributed by atoms with Crippen LogP contribution in [0.2, 0.25) is 5.02 Å². The van der Waals surface area contributed by atoms with Crippen molar-refractivity contribution in [2.45, 2.75) is 19.0 Å². The molecular weight excluding hydrogens is 546 g/mol. The summed E-state index contributed by atoms with van der Waals surface area (Å²) in [4.78, 5) is 40.1. The number of amides is 3. The summed E-state index contributed by atoms with van der Waals surface area (Å²) >= 11 is 6.22. The summed E-state index contributed by atoms with van der Waals surface area (Å²) in [5.41, 5.74) is 4.47. The van der Waals surface area contributed by atoms with Crippen LogP contribution in [0.3, 0.4) is 0 Å². The van der Waals surface area contributed by atoms with Crippen molar-refractivity contribution in [2.24, 2.45) is 0 Å². The van der Waals surface area contributed by atoms with E-state index in [-0.39, 0.29) is 18.4 Å². The smallest absolute Gasteiger partial charge is 0.407 e. The SMILES string of the molecule is COC(=O)NCc1ccc(NC(=O)[C@@H]2c3ccccc3CCN2C(=O)/C=C/c2cc(Cl)ccc2-n2cnnn2)cc1. The molecule has 0 radical (unpaired) electrons. The third kappa shape index (κ3) is 6.42.